The lowest BCUT2D eigenvalue weighted by Crippen LogP contribution is -2.12. The summed E-state index contributed by atoms with van der Waals surface area (Å²) in [6.07, 6.45) is 10.7. The summed E-state index contributed by atoms with van der Waals surface area (Å²) >= 11 is 0. The third-order valence-corrected chi connectivity index (χ3v) is 3.63. The topological polar surface area (TPSA) is 25.2 Å². The van der Waals surface area contributed by atoms with Gasteiger partial charge in [0.1, 0.15) is 0 Å². The monoisotopic (exact) mass is 219 g/mol. The maximum absolute atomic E-state index is 9.49. The van der Waals surface area contributed by atoms with Crippen LogP contribution < -0.4 is 0 Å². The van der Waals surface area contributed by atoms with Gasteiger partial charge in [-0.15, -0.1) is 0 Å². The number of hydrogen-bond acceptors (Lipinski definition) is 1. The van der Waals surface area contributed by atoms with Crippen molar-refractivity contribution in [1.82, 2.24) is 4.57 Å². The van der Waals surface area contributed by atoms with E-state index in [4.69, 9.17) is 0 Å². The molecule has 1 aromatic rings. The van der Waals surface area contributed by atoms with Crippen LogP contribution in [0.4, 0.5) is 0 Å². The van der Waals surface area contributed by atoms with Gasteiger partial charge in [0.05, 0.1) is 6.61 Å². The fourth-order valence-electron chi connectivity index (χ4n) is 2.58. The van der Waals surface area contributed by atoms with E-state index in [1.54, 1.807) is 0 Å². The summed E-state index contributed by atoms with van der Waals surface area (Å²) in [5, 5.41) is 9.49. The SMILES string of the molecule is Cn1cccc1C=C(CO)C1CCCCC1. The zero-order valence-electron chi connectivity index (χ0n) is 10.0. The number of nitrogens with zero attached hydrogens (tertiary/aromatic N) is 1. The highest BCUT2D eigenvalue weighted by molar-refractivity contribution is 5.50. The molecule has 0 radical (unpaired) electrons. The van der Waals surface area contributed by atoms with Gasteiger partial charge in [-0.2, -0.15) is 0 Å². The second-order valence-electron chi connectivity index (χ2n) is 4.76. The van der Waals surface area contributed by atoms with Crippen LogP contribution in [0.3, 0.4) is 0 Å². The highest BCUT2D eigenvalue weighted by Gasteiger charge is 2.17. The minimum atomic E-state index is 0.204. The Labute approximate surface area is 97.6 Å². The molecule has 1 aliphatic rings. The first-order valence-electron chi connectivity index (χ1n) is 6.24. The van der Waals surface area contributed by atoms with Crippen LogP contribution in [0.2, 0.25) is 0 Å². The van der Waals surface area contributed by atoms with E-state index < -0.39 is 0 Å². The molecule has 2 rings (SSSR count). The summed E-state index contributed by atoms with van der Waals surface area (Å²) in [6.45, 7) is 0.204. The first-order chi connectivity index (χ1) is 7.81. The Morgan fingerprint density at radius 1 is 1.44 bits per heavy atom. The van der Waals surface area contributed by atoms with E-state index in [1.165, 1.54) is 43.4 Å². The zero-order valence-corrected chi connectivity index (χ0v) is 10.0. The van der Waals surface area contributed by atoms with Crippen molar-refractivity contribution >= 4 is 6.08 Å². The number of aryl methyl sites for hydroxylation is 1. The number of aromatic nitrogens is 1. The van der Waals surface area contributed by atoms with Crippen LogP contribution in [-0.4, -0.2) is 16.3 Å². The molecule has 88 valence electrons. The van der Waals surface area contributed by atoms with E-state index in [-0.39, 0.29) is 6.61 Å². The first-order valence-corrected chi connectivity index (χ1v) is 6.24. The highest BCUT2D eigenvalue weighted by atomic mass is 16.3. The van der Waals surface area contributed by atoms with Crippen molar-refractivity contribution in [3.8, 4) is 0 Å². The summed E-state index contributed by atoms with van der Waals surface area (Å²) in [6, 6.07) is 4.14. The predicted molar refractivity (Wildman–Crippen MR) is 67.1 cm³/mol. The summed E-state index contributed by atoms with van der Waals surface area (Å²) in [4.78, 5) is 0. The van der Waals surface area contributed by atoms with Crippen LogP contribution in [-0.2, 0) is 7.05 Å². The van der Waals surface area contributed by atoms with Crippen LogP contribution in [0.5, 0.6) is 0 Å². The number of hydrogen-bond donors (Lipinski definition) is 1. The van der Waals surface area contributed by atoms with Crippen LogP contribution >= 0.6 is 0 Å². The number of rotatable bonds is 3. The fourth-order valence-corrected chi connectivity index (χ4v) is 2.58. The Morgan fingerprint density at radius 2 is 2.19 bits per heavy atom. The van der Waals surface area contributed by atoms with Crippen LogP contribution in [0.15, 0.2) is 23.9 Å². The molecule has 16 heavy (non-hydrogen) atoms. The fraction of sp³-hybridized carbons (Fsp3) is 0.571. The Bertz CT molecular complexity index is 359. The molecule has 0 spiro atoms. The molecule has 0 saturated heterocycles. The summed E-state index contributed by atoms with van der Waals surface area (Å²) < 4.78 is 2.10. The lowest BCUT2D eigenvalue weighted by Gasteiger charge is -2.23. The molecule has 0 atom stereocenters. The minimum absolute atomic E-state index is 0.204. The Hall–Kier alpha value is -1.02. The van der Waals surface area contributed by atoms with Crippen molar-refractivity contribution in [3.63, 3.8) is 0 Å². The van der Waals surface area contributed by atoms with Crippen LogP contribution in [0.1, 0.15) is 37.8 Å². The highest BCUT2D eigenvalue weighted by Crippen LogP contribution is 2.30. The van der Waals surface area contributed by atoms with Gasteiger partial charge in [0.2, 0.25) is 0 Å². The molecule has 1 aliphatic carbocycles. The Balaban J connectivity index is 2.14. The van der Waals surface area contributed by atoms with Crippen molar-refractivity contribution in [2.45, 2.75) is 32.1 Å². The van der Waals surface area contributed by atoms with E-state index in [1.807, 2.05) is 19.3 Å². The van der Waals surface area contributed by atoms with Crippen molar-refractivity contribution < 1.29 is 5.11 Å². The Morgan fingerprint density at radius 3 is 2.75 bits per heavy atom. The van der Waals surface area contributed by atoms with Crippen molar-refractivity contribution in [3.05, 3.63) is 29.6 Å². The minimum Gasteiger partial charge on any atom is -0.392 e. The number of aliphatic hydroxyl groups excluding tert-OH is 1. The largest absolute Gasteiger partial charge is 0.392 e. The summed E-state index contributed by atoms with van der Waals surface area (Å²) in [5.74, 6) is 0.605. The normalized spacial score (nSPS) is 19.0. The molecule has 0 aliphatic heterocycles. The van der Waals surface area contributed by atoms with E-state index in [0.29, 0.717) is 5.92 Å². The smallest absolute Gasteiger partial charge is 0.0648 e. The molecule has 1 N–H and O–H groups in total. The van der Waals surface area contributed by atoms with Gasteiger partial charge in [-0.25, -0.2) is 0 Å². The lowest BCUT2D eigenvalue weighted by molar-refractivity contribution is 0.295. The molecule has 2 nitrogen and oxygen atoms in total. The van der Waals surface area contributed by atoms with Gasteiger partial charge < -0.3 is 9.67 Å². The second-order valence-corrected chi connectivity index (χ2v) is 4.76. The van der Waals surface area contributed by atoms with Crippen molar-refractivity contribution in [2.75, 3.05) is 6.61 Å². The van der Waals surface area contributed by atoms with Gasteiger partial charge in [0.15, 0.2) is 0 Å². The van der Waals surface area contributed by atoms with Gasteiger partial charge in [0, 0.05) is 18.9 Å². The van der Waals surface area contributed by atoms with E-state index >= 15 is 0 Å². The third kappa shape index (κ3) is 2.56. The summed E-state index contributed by atoms with van der Waals surface area (Å²) in [5.41, 5.74) is 2.40. The molecule has 2 heteroatoms. The van der Waals surface area contributed by atoms with E-state index in [9.17, 15) is 5.11 Å². The molecular formula is C14H21NO. The molecule has 0 amide bonds. The standard InChI is InChI=1S/C14H21NO/c1-15-9-5-8-14(15)10-13(11-16)12-6-3-2-4-7-12/h5,8-10,12,16H,2-4,6-7,11H2,1H3. The average Bonchev–Trinajstić information content (AvgIpc) is 2.73. The van der Waals surface area contributed by atoms with E-state index in [0.717, 1.165) is 0 Å². The molecular weight excluding hydrogens is 198 g/mol. The summed E-state index contributed by atoms with van der Waals surface area (Å²) in [7, 11) is 2.04. The number of aliphatic hydroxyl groups is 1. The Kier molecular flexibility index (Phi) is 3.83. The van der Waals surface area contributed by atoms with Gasteiger partial charge >= 0.3 is 0 Å². The molecule has 1 fully saturated rings. The van der Waals surface area contributed by atoms with Crippen LogP contribution in [0, 0.1) is 5.92 Å². The molecule has 0 bridgehead atoms. The predicted octanol–water partition coefficient (Wildman–Crippen LogP) is 2.98. The average molecular weight is 219 g/mol. The van der Waals surface area contributed by atoms with Crippen LogP contribution in [0.25, 0.3) is 6.08 Å². The maximum atomic E-state index is 9.49. The van der Waals surface area contributed by atoms with Gasteiger partial charge in [-0.05, 0) is 42.5 Å². The molecule has 1 heterocycles. The second kappa shape index (κ2) is 5.35. The molecule has 0 aromatic carbocycles. The third-order valence-electron chi connectivity index (χ3n) is 3.63. The molecule has 1 saturated carbocycles. The lowest BCUT2D eigenvalue weighted by atomic mass is 9.83. The molecule has 0 unspecified atom stereocenters. The van der Waals surface area contributed by atoms with Crippen molar-refractivity contribution in [2.24, 2.45) is 13.0 Å². The first kappa shape index (κ1) is 11.5. The zero-order chi connectivity index (χ0) is 11.4. The van der Waals surface area contributed by atoms with Crippen molar-refractivity contribution in [1.29, 1.82) is 0 Å². The van der Waals surface area contributed by atoms with E-state index in [2.05, 4.69) is 16.7 Å². The van der Waals surface area contributed by atoms with Gasteiger partial charge in [-0.3, -0.25) is 0 Å². The van der Waals surface area contributed by atoms with Gasteiger partial charge in [0.25, 0.3) is 0 Å². The molecule has 1 aromatic heterocycles. The van der Waals surface area contributed by atoms with Gasteiger partial charge in [-0.1, -0.05) is 19.3 Å². The maximum Gasteiger partial charge on any atom is 0.0648 e. The quantitative estimate of drug-likeness (QED) is 0.830.